The number of amides is 1. The number of aromatic nitrogens is 3. The quantitative estimate of drug-likeness (QED) is 0.158. The zero-order valence-corrected chi connectivity index (χ0v) is 23.3. The summed E-state index contributed by atoms with van der Waals surface area (Å²) in [6.45, 7) is 5.26. The topological polar surface area (TPSA) is 117 Å². The van der Waals surface area contributed by atoms with Gasteiger partial charge in [-0.25, -0.2) is 9.38 Å². The van der Waals surface area contributed by atoms with Crippen molar-refractivity contribution in [3.8, 4) is 28.5 Å². The maximum absolute atomic E-state index is 13.5. The first-order valence-electron chi connectivity index (χ1n) is 13.1. The van der Waals surface area contributed by atoms with Crippen LogP contribution in [0.1, 0.15) is 36.2 Å². The number of rotatable bonds is 10. The van der Waals surface area contributed by atoms with E-state index >= 15 is 0 Å². The Balaban J connectivity index is 1.39. The first-order chi connectivity index (χ1) is 20.3. The van der Waals surface area contributed by atoms with Crippen molar-refractivity contribution < 1.29 is 23.4 Å². The summed E-state index contributed by atoms with van der Waals surface area (Å²) in [5.41, 5.74) is 0.443. The van der Waals surface area contributed by atoms with E-state index in [0.29, 0.717) is 39.5 Å². The molecule has 214 valence electrons. The first-order valence-corrected chi connectivity index (χ1v) is 13.1. The van der Waals surface area contributed by atoms with Gasteiger partial charge in [0, 0.05) is 29.4 Å². The Hall–Kier alpha value is -5.32. The minimum Gasteiger partial charge on any atom is -0.493 e. The lowest BCUT2D eigenvalue weighted by atomic mass is 10.1. The van der Waals surface area contributed by atoms with Crippen molar-refractivity contribution in [2.24, 2.45) is 4.99 Å². The van der Waals surface area contributed by atoms with Crippen molar-refractivity contribution in [1.29, 1.82) is 0 Å². The summed E-state index contributed by atoms with van der Waals surface area (Å²) in [5.74, 6) is 1.08. The fourth-order valence-electron chi connectivity index (χ4n) is 4.25. The van der Waals surface area contributed by atoms with Gasteiger partial charge in [-0.1, -0.05) is 0 Å². The van der Waals surface area contributed by atoms with Crippen molar-refractivity contribution in [2.45, 2.75) is 25.8 Å². The fraction of sp³-hybridized carbons (Fsp3) is 0.194. The number of halogens is 1. The molecule has 5 rings (SSSR count). The third-order valence-electron chi connectivity index (χ3n) is 6.59. The molecule has 1 amide bonds. The molecule has 1 saturated carbocycles. The molecule has 0 atom stereocenters. The number of aliphatic imine (C=N–C) groups is 1. The van der Waals surface area contributed by atoms with E-state index in [4.69, 9.17) is 14.2 Å². The van der Waals surface area contributed by atoms with Gasteiger partial charge >= 0.3 is 0 Å². The number of carbonyl (C=O) groups is 1. The molecule has 0 bridgehead atoms. The Morgan fingerprint density at radius 1 is 1.10 bits per heavy atom. The van der Waals surface area contributed by atoms with Crippen molar-refractivity contribution in [3.63, 3.8) is 0 Å². The second-order valence-electron chi connectivity index (χ2n) is 9.52. The van der Waals surface area contributed by atoms with Gasteiger partial charge in [-0.05, 0) is 75.0 Å². The summed E-state index contributed by atoms with van der Waals surface area (Å²) in [6, 6.07) is 10.8. The highest BCUT2D eigenvalue weighted by Gasteiger charge is 2.27. The number of hydrogen-bond donors (Lipinski definition) is 1. The second kappa shape index (κ2) is 12.0. The number of carbonyl (C=O) groups excluding carboxylic acids is 1. The molecular weight excluding hydrogens is 541 g/mol. The van der Waals surface area contributed by atoms with Crippen molar-refractivity contribution >= 4 is 23.5 Å². The number of nitrogens with one attached hydrogen (secondary N) is 1. The summed E-state index contributed by atoms with van der Waals surface area (Å²) < 4.78 is 31.9. The molecule has 1 aliphatic rings. The lowest BCUT2D eigenvalue weighted by molar-refractivity contribution is 0.0963. The van der Waals surface area contributed by atoms with Crippen LogP contribution in [0.5, 0.6) is 17.2 Å². The average molecular weight is 570 g/mol. The van der Waals surface area contributed by atoms with Crippen LogP contribution in [0.15, 0.2) is 88.4 Å². The van der Waals surface area contributed by atoms with Crippen LogP contribution in [0.3, 0.4) is 0 Å². The molecule has 1 fully saturated rings. The normalized spacial score (nSPS) is 13.5. The zero-order valence-electron chi connectivity index (χ0n) is 23.3. The SMILES string of the molecule is C=N/C(=C\C=C(/C)Oc1ccnc2cc(OC)c(OC)cc12)NC(=O)c1cn(C2CC2)nc(-c2ccc(F)cc2)c1=O. The molecule has 0 spiro atoms. The van der Waals surface area contributed by atoms with Gasteiger partial charge in [-0.15, -0.1) is 0 Å². The summed E-state index contributed by atoms with van der Waals surface area (Å²) in [4.78, 5) is 34.8. The summed E-state index contributed by atoms with van der Waals surface area (Å²) >= 11 is 0. The predicted molar refractivity (Wildman–Crippen MR) is 156 cm³/mol. The van der Waals surface area contributed by atoms with E-state index in [1.165, 1.54) is 36.5 Å². The molecular formula is C31H28FN5O5. The van der Waals surface area contributed by atoms with Crippen molar-refractivity contribution in [2.75, 3.05) is 14.2 Å². The Morgan fingerprint density at radius 3 is 2.48 bits per heavy atom. The van der Waals surface area contributed by atoms with Crippen LogP contribution in [-0.4, -0.2) is 41.6 Å². The zero-order chi connectivity index (χ0) is 29.8. The average Bonchev–Trinajstić information content (AvgIpc) is 3.85. The van der Waals surface area contributed by atoms with Gasteiger partial charge in [0.1, 0.15) is 34.4 Å². The van der Waals surface area contributed by atoms with Gasteiger partial charge < -0.3 is 19.5 Å². The second-order valence-corrected chi connectivity index (χ2v) is 9.52. The van der Waals surface area contributed by atoms with Crippen LogP contribution in [-0.2, 0) is 0 Å². The minimum atomic E-state index is -0.674. The Morgan fingerprint density at radius 2 is 1.81 bits per heavy atom. The van der Waals surface area contributed by atoms with E-state index in [1.54, 1.807) is 56.3 Å². The van der Waals surface area contributed by atoms with Crippen LogP contribution >= 0.6 is 0 Å². The highest BCUT2D eigenvalue weighted by atomic mass is 19.1. The van der Waals surface area contributed by atoms with Gasteiger partial charge in [-0.2, -0.15) is 5.10 Å². The summed E-state index contributed by atoms with van der Waals surface area (Å²) in [5, 5.41) is 7.76. The number of fused-ring (bicyclic) bond motifs is 1. The molecule has 0 aliphatic heterocycles. The smallest absolute Gasteiger partial charge is 0.262 e. The fourth-order valence-corrected chi connectivity index (χ4v) is 4.25. The molecule has 0 radical (unpaired) electrons. The van der Waals surface area contributed by atoms with E-state index in [1.807, 2.05) is 0 Å². The van der Waals surface area contributed by atoms with Crippen LogP contribution in [0, 0.1) is 5.82 Å². The maximum atomic E-state index is 13.5. The molecule has 1 N–H and O–H groups in total. The minimum absolute atomic E-state index is 0.0645. The first kappa shape index (κ1) is 28.2. The van der Waals surface area contributed by atoms with E-state index in [0.717, 1.165) is 12.8 Å². The van der Waals surface area contributed by atoms with Gasteiger partial charge in [0.25, 0.3) is 5.91 Å². The van der Waals surface area contributed by atoms with E-state index in [-0.39, 0.29) is 23.1 Å². The molecule has 0 unspecified atom stereocenters. The van der Waals surface area contributed by atoms with E-state index < -0.39 is 17.2 Å². The molecule has 10 nitrogen and oxygen atoms in total. The molecule has 2 aromatic carbocycles. The Kier molecular flexibility index (Phi) is 8.09. The number of benzene rings is 2. The van der Waals surface area contributed by atoms with E-state index in [9.17, 15) is 14.0 Å². The number of methoxy groups -OCH3 is 2. The third kappa shape index (κ3) is 6.04. The van der Waals surface area contributed by atoms with Crippen LogP contribution in [0.2, 0.25) is 0 Å². The predicted octanol–water partition coefficient (Wildman–Crippen LogP) is 5.20. The van der Waals surface area contributed by atoms with E-state index in [2.05, 4.69) is 27.1 Å². The Labute approximate surface area is 240 Å². The van der Waals surface area contributed by atoms with Crippen LogP contribution in [0.4, 0.5) is 4.39 Å². The lowest BCUT2D eigenvalue weighted by Gasteiger charge is -2.12. The standard InChI is InChI=1S/C31H28FN5O5/c1-18(42-25-13-14-34-24-16-27(41-4)26(40-3)15-22(24)25)5-12-28(33-2)35-31(39)23-17-37(21-10-11-21)36-29(30(23)38)19-6-8-20(32)9-7-19/h5-9,12-17,21H,2,10-11H2,1,3-4H3,(H,35,39)/b18-5+,28-12+. The number of allylic oxidation sites excluding steroid dienone is 3. The van der Waals surface area contributed by atoms with Crippen molar-refractivity contribution in [1.82, 2.24) is 20.1 Å². The van der Waals surface area contributed by atoms with Crippen LogP contribution in [0.25, 0.3) is 22.2 Å². The molecule has 4 aromatic rings. The molecule has 2 heterocycles. The summed E-state index contributed by atoms with van der Waals surface area (Å²) in [6.07, 6.45) is 7.94. The molecule has 0 saturated heterocycles. The van der Waals surface area contributed by atoms with Crippen LogP contribution < -0.4 is 25.0 Å². The lowest BCUT2D eigenvalue weighted by Crippen LogP contribution is -2.30. The number of nitrogens with zero attached hydrogens (tertiary/aromatic N) is 4. The van der Waals surface area contributed by atoms with Gasteiger partial charge in [0.2, 0.25) is 5.43 Å². The largest absolute Gasteiger partial charge is 0.493 e. The Bertz CT molecular complexity index is 1790. The van der Waals surface area contributed by atoms with Gasteiger partial charge in [0.15, 0.2) is 11.5 Å². The number of ether oxygens (including phenoxy) is 3. The number of pyridine rings is 1. The third-order valence-corrected chi connectivity index (χ3v) is 6.59. The maximum Gasteiger partial charge on any atom is 0.262 e. The molecule has 1 aliphatic carbocycles. The highest BCUT2D eigenvalue weighted by molar-refractivity contribution is 5.96. The van der Waals surface area contributed by atoms with Gasteiger partial charge in [0.05, 0.1) is 25.8 Å². The molecule has 42 heavy (non-hydrogen) atoms. The van der Waals surface area contributed by atoms with Gasteiger partial charge in [-0.3, -0.25) is 19.3 Å². The number of hydrogen-bond acceptors (Lipinski definition) is 8. The monoisotopic (exact) mass is 569 g/mol. The van der Waals surface area contributed by atoms with Crippen molar-refractivity contribution in [3.05, 3.63) is 100 Å². The highest BCUT2D eigenvalue weighted by Crippen LogP contribution is 2.36. The molecule has 11 heteroatoms. The summed E-state index contributed by atoms with van der Waals surface area (Å²) in [7, 11) is 3.10. The molecule has 2 aromatic heterocycles.